The van der Waals surface area contributed by atoms with Gasteiger partial charge < -0.3 is 13.7 Å². The van der Waals surface area contributed by atoms with E-state index >= 15 is 0 Å². The van der Waals surface area contributed by atoms with Crippen LogP contribution in [0.2, 0.25) is 0 Å². The van der Waals surface area contributed by atoms with Gasteiger partial charge in [0.15, 0.2) is 0 Å². The highest BCUT2D eigenvalue weighted by molar-refractivity contribution is 5.72. The molecule has 0 atom stereocenters. The minimum atomic E-state index is -4.62. The molecule has 0 bridgehead atoms. The van der Waals surface area contributed by atoms with Crippen molar-refractivity contribution >= 4 is 11.6 Å². The van der Waals surface area contributed by atoms with Crippen LogP contribution in [0.15, 0.2) is 41.5 Å². The number of nitrogens with zero attached hydrogens (tertiary/aromatic N) is 2. The molecule has 0 aliphatic heterocycles. The van der Waals surface area contributed by atoms with Crippen LogP contribution in [0.3, 0.4) is 0 Å². The van der Waals surface area contributed by atoms with E-state index in [1.54, 1.807) is 0 Å². The smallest absolute Gasteiger partial charge is 0.420 e. The van der Waals surface area contributed by atoms with Crippen molar-refractivity contribution in [1.82, 2.24) is 9.38 Å². The summed E-state index contributed by atoms with van der Waals surface area (Å²) in [6.45, 7) is 0. The van der Waals surface area contributed by atoms with Gasteiger partial charge in [-0.05, 0) is 12.1 Å². The third kappa shape index (κ3) is 2.90. The Balaban J connectivity index is 2.17. The third-order valence-corrected chi connectivity index (χ3v) is 3.19. The molecule has 0 fully saturated rings. The number of alkyl halides is 3. The summed E-state index contributed by atoms with van der Waals surface area (Å²) in [5.74, 6) is -1.02. The fourth-order valence-electron chi connectivity index (χ4n) is 2.21. The van der Waals surface area contributed by atoms with Crippen molar-refractivity contribution < 1.29 is 32.5 Å². The topological polar surface area (TPSA) is 77.0 Å². The van der Waals surface area contributed by atoms with Crippen LogP contribution in [0, 0.1) is 0 Å². The van der Waals surface area contributed by atoms with E-state index in [4.69, 9.17) is 9.67 Å². The first-order valence-electron chi connectivity index (χ1n) is 6.34. The Kier molecular flexibility index (Phi) is 3.57. The number of rotatable bonds is 3. The Morgan fingerprint density at radius 2 is 2.13 bits per heavy atom. The van der Waals surface area contributed by atoms with Gasteiger partial charge in [-0.15, -0.1) is 0 Å². The number of aromatic nitrogens is 2. The lowest BCUT2D eigenvalue weighted by molar-refractivity contribution is -0.233. The minimum Gasteiger partial charge on any atom is -0.472 e. The molecule has 0 radical (unpaired) electrons. The highest BCUT2D eigenvalue weighted by Crippen LogP contribution is 2.35. The molecular formula is C14H9F3N2O4. The lowest BCUT2D eigenvalue weighted by Gasteiger charge is -2.10. The second-order valence-electron chi connectivity index (χ2n) is 4.76. The molecule has 0 aliphatic rings. The van der Waals surface area contributed by atoms with Crippen molar-refractivity contribution in [2.45, 2.75) is 12.6 Å². The summed E-state index contributed by atoms with van der Waals surface area (Å²) in [7, 11) is 0. The highest BCUT2D eigenvalue weighted by Gasteiger charge is 2.35. The first-order valence-corrected chi connectivity index (χ1v) is 6.34. The van der Waals surface area contributed by atoms with Gasteiger partial charge in [0.25, 0.3) is 0 Å². The number of hydrogen-bond donors (Lipinski definition) is 1. The number of carbonyl (C=O) groups excluding carboxylic acids is 1. The maximum atomic E-state index is 13.3. The molecular weight excluding hydrogens is 317 g/mol. The van der Waals surface area contributed by atoms with E-state index in [1.165, 1.54) is 35.4 Å². The number of furan rings is 1. The Morgan fingerprint density at radius 3 is 2.74 bits per heavy atom. The normalized spacial score (nSPS) is 11.8. The molecule has 1 N–H and O–H groups in total. The van der Waals surface area contributed by atoms with Gasteiger partial charge in [0.2, 0.25) is 0 Å². The van der Waals surface area contributed by atoms with Gasteiger partial charge in [-0.1, -0.05) is 0 Å². The number of imidazole rings is 1. The summed E-state index contributed by atoms with van der Waals surface area (Å²) in [4.78, 5) is 18.3. The van der Waals surface area contributed by atoms with Crippen LogP contribution in [-0.4, -0.2) is 20.6 Å². The fraction of sp³-hybridized carbons (Fsp3) is 0.143. The van der Waals surface area contributed by atoms with Crippen molar-refractivity contribution in [2.24, 2.45) is 0 Å². The molecule has 3 rings (SSSR count). The van der Waals surface area contributed by atoms with Crippen LogP contribution in [0.1, 0.15) is 11.3 Å². The van der Waals surface area contributed by atoms with E-state index in [0.29, 0.717) is 5.56 Å². The van der Waals surface area contributed by atoms with Crippen molar-refractivity contribution in [2.75, 3.05) is 0 Å². The molecule has 9 heteroatoms. The predicted molar refractivity (Wildman–Crippen MR) is 70.3 cm³/mol. The van der Waals surface area contributed by atoms with Gasteiger partial charge >= 0.3 is 12.1 Å². The zero-order chi connectivity index (χ0) is 16.6. The number of halogens is 3. The molecule has 0 saturated carbocycles. The number of carbonyl (C=O) groups is 1. The van der Waals surface area contributed by atoms with Crippen molar-refractivity contribution in [3.05, 3.63) is 48.3 Å². The van der Waals surface area contributed by atoms with Gasteiger partial charge in [0, 0.05) is 23.5 Å². The fourth-order valence-corrected chi connectivity index (χ4v) is 2.21. The van der Waals surface area contributed by atoms with Crippen molar-refractivity contribution in [1.29, 1.82) is 0 Å². The predicted octanol–water partition coefficient (Wildman–Crippen LogP) is 3.17. The molecule has 0 spiro atoms. The van der Waals surface area contributed by atoms with Crippen LogP contribution in [0.4, 0.5) is 13.2 Å². The SMILES string of the molecule is O=C(Cc1cn2cc(-c3ccoc3)cc(C(F)(F)F)c2n1)OO. The number of hydrogen-bond acceptors (Lipinski definition) is 5. The van der Waals surface area contributed by atoms with Gasteiger partial charge in [-0.2, -0.15) is 18.4 Å². The summed E-state index contributed by atoms with van der Waals surface area (Å²) in [5.41, 5.74) is -0.487. The molecule has 23 heavy (non-hydrogen) atoms. The van der Waals surface area contributed by atoms with Crippen LogP contribution >= 0.6 is 0 Å². The zero-order valence-electron chi connectivity index (χ0n) is 11.4. The Labute approximate surface area is 126 Å². The summed E-state index contributed by atoms with van der Waals surface area (Å²) in [5, 5.41) is 8.25. The van der Waals surface area contributed by atoms with Crippen molar-refractivity contribution in [3.8, 4) is 11.1 Å². The lowest BCUT2D eigenvalue weighted by Crippen LogP contribution is -2.08. The van der Waals surface area contributed by atoms with E-state index in [2.05, 4.69) is 9.87 Å². The summed E-state index contributed by atoms with van der Waals surface area (Å²) >= 11 is 0. The minimum absolute atomic E-state index is 0.0406. The number of pyridine rings is 1. The average Bonchev–Trinajstić information content (AvgIpc) is 3.13. The lowest BCUT2D eigenvalue weighted by atomic mass is 10.1. The van der Waals surface area contributed by atoms with Gasteiger partial charge in [-0.3, -0.25) is 0 Å². The third-order valence-electron chi connectivity index (χ3n) is 3.19. The first kappa shape index (κ1) is 15.1. The van der Waals surface area contributed by atoms with Crippen LogP contribution < -0.4 is 0 Å². The quantitative estimate of drug-likeness (QED) is 0.591. The molecule has 3 aromatic heterocycles. The van der Waals surface area contributed by atoms with E-state index in [1.807, 2.05) is 0 Å². The number of fused-ring (bicyclic) bond motifs is 1. The first-order chi connectivity index (χ1) is 10.9. The Hall–Kier alpha value is -2.81. The maximum absolute atomic E-state index is 13.3. The molecule has 3 aromatic rings. The Bertz CT molecular complexity index is 853. The molecule has 6 nitrogen and oxygen atoms in total. The van der Waals surface area contributed by atoms with Crippen LogP contribution in [0.5, 0.6) is 0 Å². The van der Waals surface area contributed by atoms with E-state index in [-0.39, 0.29) is 16.9 Å². The van der Waals surface area contributed by atoms with Crippen LogP contribution in [0.25, 0.3) is 16.8 Å². The molecule has 3 heterocycles. The van der Waals surface area contributed by atoms with Gasteiger partial charge in [0.1, 0.15) is 5.65 Å². The average molecular weight is 326 g/mol. The van der Waals surface area contributed by atoms with E-state index in [9.17, 15) is 18.0 Å². The maximum Gasteiger partial charge on any atom is 0.420 e. The van der Waals surface area contributed by atoms with E-state index < -0.39 is 24.1 Å². The highest BCUT2D eigenvalue weighted by atomic mass is 19.4. The van der Waals surface area contributed by atoms with Gasteiger partial charge in [0.05, 0.1) is 30.2 Å². The summed E-state index contributed by atoms with van der Waals surface area (Å²) in [6, 6.07) is 2.49. The largest absolute Gasteiger partial charge is 0.472 e. The summed E-state index contributed by atoms with van der Waals surface area (Å²) in [6.07, 6.45) is 0.310. The Morgan fingerprint density at radius 1 is 1.35 bits per heavy atom. The molecule has 0 aliphatic carbocycles. The summed E-state index contributed by atoms with van der Waals surface area (Å²) < 4.78 is 45.9. The molecule has 0 unspecified atom stereocenters. The monoisotopic (exact) mass is 326 g/mol. The van der Waals surface area contributed by atoms with Gasteiger partial charge in [-0.25, -0.2) is 9.78 Å². The standard InChI is InChI=1S/C14H9F3N2O4/c15-14(16,17)11-3-9(8-1-2-22-7-8)5-19-6-10(18-13(11)19)4-12(20)23-21/h1-3,5-7,21H,4H2. The van der Waals surface area contributed by atoms with Crippen molar-refractivity contribution in [3.63, 3.8) is 0 Å². The van der Waals surface area contributed by atoms with E-state index in [0.717, 1.165) is 6.07 Å². The molecule has 0 saturated heterocycles. The van der Waals surface area contributed by atoms with Crippen LogP contribution in [-0.2, 0) is 22.3 Å². The second-order valence-corrected chi connectivity index (χ2v) is 4.76. The molecule has 120 valence electrons. The zero-order valence-corrected chi connectivity index (χ0v) is 11.4. The molecule has 0 amide bonds. The second kappa shape index (κ2) is 5.43. The molecule has 0 aromatic carbocycles.